The van der Waals surface area contributed by atoms with Gasteiger partial charge >= 0.3 is 0 Å². The van der Waals surface area contributed by atoms with Gasteiger partial charge in [-0.15, -0.1) is 11.6 Å². The molecule has 0 aliphatic carbocycles. The molecule has 20 heavy (non-hydrogen) atoms. The molecule has 0 aliphatic heterocycles. The van der Waals surface area contributed by atoms with E-state index in [9.17, 15) is 5.26 Å². The number of benzene rings is 1. The van der Waals surface area contributed by atoms with Crippen LogP contribution in [0.1, 0.15) is 17.0 Å². The molecule has 0 amide bonds. The van der Waals surface area contributed by atoms with Crippen molar-refractivity contribution < 1.29 is 0 Å². The average Bonchev–Trinajstić information content (AvgIpc) is 2.84. The predicted octanol–water partition coefficient (Wildman–Crippen LogP) is 3.34. The van der Waals surface area contributed by atoms with Crippen LogP contribution in [0.5, 0.6) is 0 Å². The van der Waals surface area contributed by atoms with Gasteiger partial charge in [-0.1, -0.05) is 12.1 Å². The molecule has 3 aromatic rings. The number of nitrogens with zero attached hydrogens (tertiary/aromatic N) is 4. The molecule has 0 bridgehead atoms. The summed E-state index contributed by atoms with van der Waals surface area (Å²) in [6.07, 6.45) is 1.79. The lowest BCUT2D eigenvalue weighted by atomic mass is 10.2. The van der Waals surface area contributed by atoms with Gasteiger partial charge in [-0.3, -0.25) is 4.57 Å². The Morgan fingerprint density at radius 2 is 2.15 bits per heavy atom. The predicted molar refractivity (Wildman–Crippen MR) is 77.9 cm³/mol. The maximum Gasteiger partial charge on any atom is 0.164 e. The van der Waals surface area contributed by atoms with Crippen LogP contribution in [0.3, 0.4) is 0 Å². The van der Waals surface area contributed by atoms with Gasteiger partial charge < -0.3 is 0 Å². The van der Waals surface area contributed by atoms with Crippen molar-refractivity contribution in [2.45, 2.75) is 12.8 Å². The van der Waals surface area contributed by atoms with Crippen molar-refractivity contribution in [3.63, 3.8) is 0 Å². The van der Waals surface area contributed by atoms with E-state index in [1.165, 1.54) is 0 Å². The van der Waals surface area contributed by atoms with Crippen molar-refractivity contribution in [2.75, 3.05) is 0 Å². The van der Waals surface area contributed by atoms with E-state index in [4.69, 9.17) is 11.6 Å². The van der Waals surface area contributed by atoms with E-state index < -0.39 is 0 Å². The quantitative estimate of drug-likeness (QED) is 0.677. The van der Waals surface area contributed by atoms with Crippen LogP contribution in [0.15, 0.2) is 36.5 Å². The number of pyridine rings is 1. The zero-order chi connectivity index (χ0) is 14.1. The average molecular weight is 283 g/mol. The van der Waals surface area contributed by atoms with Gasteiger partial charge in [0.15, 0.2) is 5.65 Å². The van der Waals surface area contributed by atoms with Crippen LogP contribution >= 0.6 is 11.6 Å². The summed E-state index contributed by atoms with van der Waals surface area (Å²) in [4.78, 5) is 8.94. The van der Waals surface area contributed by atoms with Gasteiger partial charge in [-0.2, -0.15) is 5.26 Å². The molecule has 2 heterocycles. The lowest BCUT2D eigenvalue weighted by Gasteiger charge is -2.08. The number of fused-ring (bicyclic) bond motifs is 1. The Labute approximate surface area is 121 Å². The molecule has 0 atom stereocenters. The number of aromatic nitrogens is 3. The Kier molecular flexibility index (Phi) is 3.13. The van der Waals surface area contributed by atoms with Gasteiger partial charge in [0.25, 0.3) is 0 Å². The maximum atomic E-state index is 9.26. The molecule has 0 saturated heterocycles. The summed E-state index contributed by atoms with van der Waals surface area (Å²) in [7, 11) is 0. The number of para-hydroxylation sites is 1. The molecule has 0 fully saturated rings. The van der Waals surface area contributed by atoms with Crippen LogP contribution in [0.2, 0.25) is 0 Å². The summed E-state index contributed by atoms with van der Waals surface area (Å²) in [5.74, 6) is 0.942. The lowest BCUT2D eigenvalue weighted by molar-refractivity contribution is 0.966. The van der Waals surface area contributed by atoms with Crippen LogP contribution < -0.4 is 0 Å². The van der Waals surface area contributed by atoms with Crippen LogP contribution in [-0.4, -0.2) is 14.5 Å². The number of nitriles is 1. The number of halogens is 1. The zero-order valence-electron chi connectivity index (χ0n) is 10.8. The Hall–Kier alpha value is -2.38. The SMILES string of the molecule is Cc1cnc2c(c1)nc(CCl)n2-c1ccccc1C#N. The van der Waals surface area contributed by atoms with Crippen molar-refractivity contribution in [2.24, 2.45) is 0 Å². The number of hydrogen-bond donors (Lipinski definition) is 0. The molecule has 0 N–H and O–H groups in total. The molecule has 1 aromatic carbocycles. The third kappa shape index (κ3) is 1.93. The van der Waals surface area contributed by atoms with Gasteiger partial charge in [-0.25, -0.2) is 9.97 Å². The van der Waals surface area contributed by atoms with E-state index in [0.717, 1.165) is 16.8 Å². The van der Waals surface area contributed by atoms with Crippen molar-refractivity contribution in [1.82, 2.24) is 14.5 Å². The molecule has 4 nitrogen and oxygen atoms in total. The molecule has 98 valence electrons. The summed E-state index contributed by atoms with van der Waals surface area (Å²) < 4.78 is 1.85. The van der Waals surface area contributed by atoms with E-state index >= 15 is 0 Å². The molecule has 5 heteroatoms. The van der Waals surface area contributed by atoms with Gasteiger partial charge in [0.05, 0.1) is 17.1 Å². The highest BCUT2D eigenvalue weighted by atomic mass is 35.5. The van der Waals surface area contributed by atoms with Gasteiger partial charge in [0.2, 0.25) is 0 Å². The van der Waals surface area contributed by atoms with Gasteiger partial charge in [0.1, 0.15) is 17.4 Å². The Bertz CT molecular complexity index is 829. The molecule has 0 aliphatic rings. The molecule has 0 radical (unpaired) electrons. The first-order valence-corrected chi connectivity index (χ1v) is 6.67. The summed E-state index contributed by atoms with van der Waals surface area (Å²) in [5.41, 5.74) is 3.87. The summed E-state index contributed by atoms with van der Waals surface area (Å²) >= 11 is 5.99. The monoisotopic (exact) mass is 282 g/mol. The molecule has 0 spiro atoms. The first-order chi connectivity index (χ1) is 9.74. The molecule has 0 unspecified atom stereocenters. The second-order valence-corrected chi connectivity index (χ2v) is 4.75. The minimum atomic E-state index is 0.259. The van der Waals surface area contributed by atoms with Crippen LogP contribution in [-0.2, 0) is 5.88 Å². The van der Waals surface area contributed by atoms with Crippen molar-refractivity contribution in [1.29, 1.82) is 5.26 Å². The molecule has 2 aromatic heterocycles. The second-order valence-electron chi connectivity index (χ2n) is 4.48. The van der Waals surface area contributed by atoms with Crippen LogP contribution in [0.25, 0.3) is 16.9 Å². The second kappa shape index (κ2) is 4.95. The van der Waals surface area contributed by atoms with Crippen molar-refractivity contribution >= 4 is 22.8 Å². The zero-order valence-corrected chi connectivity index (χ0v) is 11.6. The highest BCUT2D eigenvalue weighted by molar-refractivity contribution is 6.17. The topological polar surface area (TPSA) is 54.5 Å². The minimum Gasteiger partial charge on any atom is -0.278 e. The molecule has 0 saturated carbocycles. The fourth-order valence-electron chi connectivity index (χ4n) is 2.22. The smallest absolute Gasteiger partial charge is 0.164 e. The number of rotatable bonds is 2. The van der Waals surface area contributed by atoms with Crippen LogP contribution in [0, 0.1) is 18.3 Å². The Morgan fingerprint density at radius 1 is 1.35 bits per heavy atom. The Morgan fingerprint density at radius 3 is 2.90 bits per heavy atom. The third-order valence-electron chi connectivity index (χ3n) is 3.09. The van der Waals surface area contributed by atoms with Crippen molar-refractivity contribution in [3.05, 3.63) is 53.5 Å². The van der Waals surface area contributed by atoms with Crippen molar-refractivity contribution in [3.8, 4) is 11.8 Å². The van der Waals surface area contributed by atoms with E-state index in [0.29, 0.717) is 17.0 Å². The largest absolute Gasteiger partial charge is 0.278 e. The lowest BCUT2D eigenvalue weighted by Crippen LogP contribution is -2.02. The van der Waals surface area contributed by atoms with E-state index in [1.54, 1.807) is 12.3 Å². The van der Waals surface area contributed by atoms with Crippen LogP contribution in [0.4, 0.5) is 0 Å². The highest BCUT2D eigenvalue weighted by Gasteiger charge is 2.15. The fraction of sp³-hybridized carbons (Fsp3) is 0.133. The van der Waals surface area contributed by atoms with E-state index in [-0.39, 0.29) is 5.88 Å². The summed E-state index contributed by atoms with van der Waals surface area (Å²) in [5, 5.41) is 9.26. The highest BCUT2D eigenvalue weighted by Crippen LogP contribution is 2.23. The third-order valence-corrected chi connectivity index (χ3v) is 3.33. The normalized spacial score (nSPS) is 10.7. The Balaban J connectivity index is 2.38. The molecular formula is C15H11ClN4. The van der Waals surface area contributed by atoms with E-state index in [1.807, 2.05) is 35.8 Å². The van der Waals surface area contributed by atoms with Gasteiger partial charge in [0, 0.05) is 6.20 Å². The first kappa shape index (κ1) is 12.6. The molecule has 3 rings (SSSR count). The first-order valence-electron chi connectivity index (χ1n) is 6.14. The minimum absolute atomic E-state index is 0.259. The summed E-state index contributed by atoms with van der Waals surface area (Å²) in [6.45, 7) is 1.97. The van der Waals surface area contributed by atoms with E-state index in [2.05, 4.69) is 16.0 Å². The fourth-order valence-corrected chi connectivity index (χ4v) is 2.40. The van der Waals surface area contributed by atoms with Gasteiger partial charge in [-0.05, 0) is 30.7 Å². The number of hydrogen-bond acceptors (Lipinski definition) is 3. The number of alkyl halides is 1. The number of imidazole rings is 1. The maximum absolute atomic E-state index is 9.26. The summed E-state index contributed by atoms with van der Waals surface area (Å²) in [6, 6.07) is 11.5. The number of aryl methyl sites for hydroxylation is 1. The standard InChI is InChI=1S/C15H11ClN4/c1-10-6-12-15(18-9-10)20(14(7-16)19-12)13-5-3-2-4-11(13)8-17/h2-6,9H,7H2,1H3. The molecular weight excluding hydrogens is 272 g/mol.